The Labute approximate surface area is 139 Å². The first-order chi connectivity index (χ1) is 10.8. The van der Waals surface area contributed by atoms with Crippen LogP contribution < -0.4 is 0 Å². The monoisotopic (exact) mass is 314 g/mol. The van der Waals surface area contributed by atoms with Crippen LogP contribution in [0.1, 0.15) is 110 Å². The van der Waals surface area contributed by atoms with Gasteiger partial charge in [0.25, 0.3) is 0 Å². The predicted octanol–water partition coefficient (Wildman–Crippen LogP) is 5.85. The van der Waals surface area contributed by atoms with Gasteiger partial charge < -0.3 is 10.2 Å². The van der Waals surface area contributed by atoms with E-state index in [0.717, 1.165) is 12.8 Å². The molecule has 1 unspecified atom stereocenters. The number of aliphatic hydroxyl groups is 2. The fourth-order valence-corrected chi connectivity index (χ4v) is 3.15. The minimum Gasteiger partial charge on any atom is -0.396 e. The summed E-state index contributed by atoms with van der Waals surface area (Å²) in [7, 11) is 0. The molecule has 0 aliphatic rings. The predicted molar refractivity (Wildman–Crippen MR) is 97.2 cm³/mol. The van der Waals surface area contributed by atoms with Crippen LogP contribution in [0.15, 0.2) is 0 Å². The minimum absolute atomic E-state index is 0.321. The third kappa shape index (κ3) is 16.3. The Balaban J connectivity index is 3.25. The molecule has 0 spiro atoms. The average molecular weight is 315 g/mol. The molecular formula is C20H42O2. The maximum absolute atomic E-state index is 9.43. The quantitative estimate of drug-likeness (QED) is 0.312. The van der Waals surface area contributed by atoms with Crippen molar-refractivity contribution in [1.29, 1.82) is 0 Å². The van der Waals surface area contributed by atoms with E-state index < -0.39 is 0 Å². The Morgan fingerprint density at radius 3 is 1.36 bits per heavy atom. The Bertz CT molecular complexity index is 194. The normalized spacial score (nSPS) is 12.7. The zero-order valence-electron chi connectivity index (χ0n) is 15.2. The van der Waals surface area contributed by atoms with Gasteiger partial charge in [-0.25, -0.2) is 0 Å². The van der Waals surface area contributed by atoms with Crippen molar-refractivity contribution >= 4 is 0 Å². The van der Waals surface area contributed by atoms with E-state index in [1.807, 2.05) is 0 Å². The topological polar surface area (TPSA) is 40.5 Å². The first kappa shape index (κ1) is 21.9. The first-order valence-corrected chi connectivity index (χ1v) is 10.1. The smallest absolute Gasteiger partial charge is 0.0459 e. The Morgan fingerprint density at radius 2 is 0.955 bits per heavy atom. The molecule has 2 N–H and O–H groups in total. The molecule has 0 aromatic carbocycles. The highest BCUT2D eigenvalue weighted by Crippen LogP contribution is 2.18. The third-order valence-corrected chi connectivity index (χ3v) is 4.74. The highest BCUT2D eigenvalue weighted by Gasteiger charge is 2.06. The zero-order chi connectivity index (χ0) is 16.3. The summed E-state index contributed by atoms with van der Waals surface area (Å²) in [6.45, 7) is 2.95. The molecule has 22 heavy (non-hydrogen) atoms. The Kier molecular flexibility index (Phi) is 18.9. The van der Waals surface area contributed by atoms with E-state index in [9.17, 15) is 5.11 Å². The van der Waals surface area contributed by atoms with Crippen molar-refractivity contribution in [2.75, 3.05) is 13.2 Å². The van der Waals surface area contributed by atoms with Gasteiger partial charge in [-0.15, -0.1) is 0 Å². The van der Waals surface area contributed by atoms with Crippen molar-refractivity contribution < 1.29 is 10.2 Å². The molecule has 0 heterocycles. The van der Waals surface area contributed by atoms with Gasteiger partial charge in [-0.1, -0.05) is 90.4 Å². The van der Waals surface area contributed by atoms with E-state index in [1.54, 1.807) is 0 Å². The summed E-state index contributed by atoms with van der Waals surface area (Å²) >= 11 is 0. The van der Waals surface area contributed by atoms with E-state index in [-0.39, 0.29) is 0 Å². The summed E-state index contributed by atoms with van der Waals surface area (Å²) < 4.78 is 0. The fraction of sp³-hybridized carbons (Fsp3) is 1.00. The lowest BCUT2D eigenvalue weighted by atomic mass is 9.95. The molecule has 0 aliphatic heterocycles. The summed E-state index contributed by atoms with van der Waals surface area (Å²) in [4.78, 5) is 0. The molecule has 0 saturated heterocycles. The molecule has 0 aromatic rings. The van der Waals surface area contributed by atoms with Crippen LogP contribution in [0.3, 0.4) is 0 Å². The van der Waals surface area contributed by atoms with Gasteiger partial charge in [-0.05, 0) is 25.2 Å². The lowest BCUT2D eigenvalue weighted by Gasteiger charge is -2.13. The molecule has 0 amide bonds. The second-order valence-electron chi connectivity index (χ2n) is 6.95. The van der Waals surface area contributed by atoms with Crippen LogP contribution in [0.25, 0.3) is 0 Å². The van der Waals surface area contributed by atoms with Crippen molar-refractivity contribution in [3.8, 4) is 0 Å². The van der Waals surface area contributed by atoms with Gasteiger partial charge >= 0.3 is 0 Å². The molecule has 0 fully saturated rings. The SMILES string of the molecule is CCCCCCCCCCCCC(CO)CCCCCCO. The van der Waals surface area contributed by atoms with Crippen molar-refractivity contribution in [2.24, 2.45) is 5.92 Å². The van der Waals surface area contributed by atoms with Crippen molar-refractivity contribution in [1.82, 2.24) is 0 Å². The van der Waals surface area contributed by atoms with Crippen LogP contribution in [0.5, 0.6) is 0 Å². The minimum atomic E-state index is 0.321. The van der Waals surface area contributed by atoms with Gasteiger partial charge in [0, 0.05) is 13.2 Å². The molecule has 0 aliphatic carbocycles. The lowest BCUT2D eigenvalue weighted by Crippen LogP contribution is -2.06. The Morgan fingerprint density at radius 1 is 0.545 bits per heavy atom. The van der Waals surface area contributed by atoms with Gasteiger partial charge in [0.2, 0.25) is 0 Å². The molecule has 0 bridgehead atoms. The highest BCUT2D eigenvalue weighted by atomic mass is 16.3. The van der Waals surface area contributed by atoms with Gasteiger partial charge in [0.05, 0.1) is 0 Å². The summed E-state index contributed by atoms with van der Waals surface area (Å²) in [5.41, 5.74) is 0. The van der Waals surface area contributed by atoms with Gasteiger partial charge in [0.15, 0.2) is 0 Å². The van der Waals surface area contributed by atoms with Gasteiger partial charge in [-0.3, -0.25) is 0 Å². The van der Waals surface area contributed by atoms with E-state index in [1.165, 1.54) is 89.9 Å². The maximum atomic E-state index is 9.43. The number of aliphatic hydroxyl groups excluding tert-OH is 2. The van der Waals surface area contributed by atoms with Crippen LogP contribution in [0.2, 0.25) is 0 Å². The largest absolute Gasteiger partial charge is 0.396 e. The molecule has 0 rings (SSSR count). The second kappa shape index (κ2) is 19.0. The number of unbranched alkanes of at least 4 members (excludes halogenated alkanes) is 12. The van der Waals surface area contributed by atoms with Crippen molar-refractivity contribution in [3.63, 3.8) is 0 Å². The van der Waals surface area contributed by atoms with Crippen molar-refractivity contribution in [2.45, 2.75) is 110 Å². The lowest BCUT2D eigenvalue weighted by molar-refractivity contribution is 0.203. The van der Waals surface area contributed by atoms with Crippen LogP contribution in [0, 0.1) is 5.92 Å². The van der Waals surface area contributed by atoms with Gasteiger partial charge in [-0.2, -0.15) is 0 Å². The van der Waals surface area contributed by atoms with Crippen LogP contribution in [-0.4, -0.2) is 23.4 Å². The molecule has 134 valence electrons. The van der Waals surface area contributed by atoms with E-state index in [4.69, 9.17) is 5.11 Å². The van der Waals surface area contributed by atoms with Crippen molar-refractivity contribution in [3.05, 3.63) is 0 Å². The first-order valence-electron chi connectivity index (χ1n) is 10.1. The molecule has 1 atom stereocenters. The number of hydrogen-bond donors (Lipinski definition) is 2. The molecule has 2 nitrogen and oxygen atoms in total. The van der Waals surface area contributed by atoms with E-state index in [0.29, 0.717) is 19.1 Å². The molecule has 0 saturated carbocycles. The Hall–Kier alpha value is -0.0800. The van der Waals surface area contributed by atoms with Gasteiger partial charge in [0.1, 0.15) is 0 Å². The fourth-order valence-electron chi connectivity index (χ4n) is 3.15. The maximum Gasteiger partial charge on any atom is 0.0459 e. The summed E-state index contributed by atoms with van der Waals surface area (Å²) in [6.07, 6.45) is 20.7. The molecule has 0 aromatic heterocycles. The second-order valence-corrected chi connectivity index (χ2v) is 6.95. The van der Waals surface area contributed by atoms with Crippen LogP contribution >= 0.6 is 0 Å². The molecular weight excluding hydrogens is 272 g/mol. The third-order valence-electron chi connectivity index (χ3n) is 4.74. The summed E-state index contributed by atoms with van der Waals surface area (Å²) in [6, 6.07) is 0. The average Bonchev–Trinajstić information content (AvgIpc) is 2.54. The molecule has 2 heteroatoms. The van der Waals surface area contributed by atoms with E-state index in [2.05, 4.69) is 6.92 Å². The highest BCUT2D eigenvalue weighted by molar-refractivity contribution is 4.59. The standard InChI is InChI=1S/C20H42O2/c1-2-3-4-5-6-7-8-9-10-13-16-20(19-22)17-14-11-12-15-18-21/h20-22H,2-19H2,1H3. The summed E-state index contributed by atoms with van der Waals surface area (Å²) in [5.74, 6) is 0.517. The molecule has 0 radical (unpaired) electrons. The van der Waals surface area contributed by atoms with Crippen LogP contribution in [0.4, 0.5) is 0 Å². The number of rotatable bonds is 18. The number of hydrogen-bond acceptors (Lipinski definition) is 2. The zero-order valence-corrected chi connectivity index (χ0v) is 15.2. The van der Waals surface area contributed by atoms with Crippen LogP contribution in [-0.2, 0) is 0 Å². The van der Waals surface area contributed by atoms with E-state index >= 15 is 0 Å². The summed E-state index contributed by atoms with van der Waals surface area (Å²) in [5, 5.41) is 18.2.